The van der Waals surface area contributed by atoms with E-state index in [1.807, 2.05) is 68.1 Å². The summed E-state index contributed by atoms with van der Waals surface area (Å²) < 4.78 is 0. The molecule has 3 heteroatoms. The summed E-state index contributed by atoms with van der Waals surface area (Å²) in [6, 6.07) is 20.8. The van der Waals surface area contributed by atoms with Crippen LogP contribution < -0.4 is 0 Å². The molecule has 0 aliphatic carbocycles. The molecule has 120 valence electrons. The summed E-state index contributed by atoms with van der Waals surface area (Å²) >= 11 is 0. The van der Waals surface area contributed by atoms with Crippen LogP contribution in [0.15, 0.2) is 85.5 Å². The van der Waals surface area contributed by atoms with Crippen molar-refractivity contribution in [1.29, 1.82) is 0 Å². The van der Waals surface area contributed by atoms with Crippen LogP contribution in [0.3, 0.4) is 0 Å². The van der Waals surface area contributed by atoms with Crippen molar-refractivity contribution in [3.05, 3.63) is 91.1 Å². The zero-order chi connectivity index (χ0) is 17.1. The smallest absolute Gasteiger partial charge is 0.0705 e. The van der Waals surface area contributed by atoms with Gasteiger partial charge in [0.25, 0.3) is 0 Å². The van der Waals surface area contributed by atoms with E-state index in [4.69, 9.17) is 0 Å². The zero-order valence-corrected chi connectivity index (χ0v) is 13.9. The van der Waals surface area contributed by atoms with Crippen LogP contribution in [0.25, 0.3) is 33.5 Å². The third-order valence-corrected chi connectivity index (χ3v) is 4.14. The van der Waals surface area contributed by atoms with Crippen LogP contribution in [0.1, 0.15) is 5.69 Å². The average molecular weight is 323 g/mol. The highest BCUT2D eigenvalue weighted by atomic mass is 14.7. The summed E-state index contributed by atoms with van der Waals surface area (Å²) in [5.41, 5.74) is 7.66. The Balaban J connectivity index is 1.92. The van der Waals surface area contributed by atoms with Gasteiger partial charge in [-0.3, -0.25) is 15.0 Å². The molecule has 3 aromatic heterocycles. The molecule has 0 amide bonds. The SMILES string of the molecule is Cc1cccc(-c2cc(-c3ccncc3)cc(-c3ccncc3)c2)n1. The van der Waals surface area contributed by atoms with E-state index in [-0.39, 0.29) is 0 Å². The Labute approximate surface area is 147 Å². The molecule has 0 atom stereocenters. The second-order valence-electron chi connectivity index (χ2n) is 5.94. The lowest BCUT2D eigenvalue weighted by atomic mass is 9.95. The standard InChI is InChI=1S/C22H17N3/c1-16-3-2-4-22(25-16)21-14-19(17-5-9-23-10-6-17)13-20(15-21)18-7-11-24-12-8-18/h2-15H,1H3. The van der Waals surface area contributed by atoms with Crippen molar-refractivity contribution >= 4 is 0 Å². The first-order chi connectivity index (χ1) is 12.3. The maximum absolute atomic E-state index is 4.69. The molecule has 3 nitrogen and oxygen atoms in total. The summed E-state index contributed by atoms with van der Waals surface area (Å²) in [4.78, 5) is 12.9. The molecule has 25 heavy (non-hydrogen) atoms. The van der Waals surface area contributed by atoms with Crippen molar-refractivity contribution in [2.75, 3.05) is 0 Å². The number of hydrogen-bond acceptors (Lipinski definition) is 3. The molecule has 0 unspecified atom stereocenters. The molecule has 0 fully saturated rings. The topological polar surface area (TPSA) is 38.7 Å². The van der Waals surface area contributed by atoms with E-state index in [0.717, 1.165) is 39.2 Å². The third kappa shape index (κ3) is 3.31. The van der Waals surface area contributed by atoms with Crippen LogP contribution in [0, 0.1) is 6.92 Å². The third-order valence-electron chi connectivity index (χ3n) is 4.14. The molecule has 0 saturated carbocycles. The van der Waals surface area contributed by atoms with Gasteiger partial charge >= 0.3 is 0 Å². The molecular formula is C22H17N3. The monoisotopic (exact) mass is 323 g/mol. The van der Waals surface area contributed by atoms with Crippen molar-refractivity contribution in [2.45, 2.75) is 6.92 Å². The fourth-order valence-corrected chi connectivity index (χ4v) is 2.90. The molecule has 0 saturated heterocycles. The fourth-order valence-electron chi connectivity index (χ4n) is 2.90. The predicted molar refractivity (Wildman–Crippen MR) is 101 cm³/mol. The molecule has 4 aromatic rings. The van der Waals surface area contributed by atoms with Gasteiger partial charge in [0, 0.05) is 36.0 Å². The van der Waals surface area contributed by atoms with Crippen LogP contribution >= 0.6 is 0 Å². The van der Waals surface area contributed by atoms with Crippen LogP contribution in [0.4, 0.5) is 0 Å². The first-order valence-electron chi connectivity index (χ1n) is 8.19. The summed E-state index contributed by atoms with van der Waals surface area (Å²) in [5.74, 6) is 0. The van der Waals surface area contributed by atoms with Crippen LogP contribution in [-0.2, 0) is 0 Å². The average Bonchev–Trinajstić information content (AvgIpc) is 2.69. The lowest BCUT2D eigenvalue weighted by molar-refractivity contribution is 1.20. The summed E-state index contributed by atoms with van der Waals surface area (Å²) in [6.07, 6.45) is 7.27. The molecule has 1 aromatic carbocycles. The largest absolute Gasteiger partial charge is 0.265 e. The fraction of sp³-hybridized carbons (Fsp3) is 0.0455. The number of nitrogens with zero attached hydrogens (tertiary/aromatic N) is 3. The van der Waals surface area contributed by atoms with E-state index in [9.17, 15) is 0 Å². The maximum Gasteiger partial charge on any atom is 0.0705 e. The van der Waals surface area contributed by atoms with Crippen molar-refractivity contribution < 1.29 is 0 Å². The molecule has 0 spiro atoms. The number of hydrogen-bond donors (Lipinski definition) is 0. The highest BCUT2D eigenvalue weighted by Crippen LogP contribution is 2.31. The minimum Gasteiger partial charge on any atom is -0.265 e. The maximum atomic E-state index is 4.69. The number of aryl methyl sites for hydroxylation is 1. The van der Waals surface area contributed by atoms with Gasteiger partial charge in [0.15, 0.2) is 0 Å². The lowest BCUT2D eigenvalue weighted by Gasteiger charge is -2.11. The van der Waals surface area contributed by atoms with Crippen molar-refractivity contribution in [3.8, 4) is 33.5 Å². The predicted octanol–water partition coefficient (Wildman–Crippen LogP) is 5.18. The first kappa shape index (κ1) is 15.2. The van der Waals surface area contributed by atoms with Gasteiger partial charge in [0.1, 0.15) is 0 Å². The van der Waals surface area contributed by atoms with E-state index in [2.05, 4.69) is 39.2 Å². The Hall–Kier alpha value is -3.33. The van der Waals surface area contributed by atoms with Gasteiger partial charge in [-0.05, 0) is 83.8 Å². The molecular weight excluding hydrogens is 306 g/mol. The number of benzene rings is 1. The van der Waals surface area contributed by atoms with Gasteiger partial charge < -0.3 is 0 Å². The molecule has 3 heterocycles. The highest BCUT2D eigenvalue weighted by molar-refractivity contribution is 5.79. The summed E-state index contributed by atoms with van der Waals surface area (Å²) in [6.45, 7) is 2.01. The zero-order valence-electron chi connectivity index (χ0n) is 13.9. The van der Waals surface area contributed by atoms with E-state index in [0.29, 0.717) is 0 Å². The number of pyridine rings is 3. The van der Waals surface area contributed by atoms with Crippen molar-refractivity contribution in [2.24, 2.45) is 0 Å². The molecule has 0 bridgehead atoms. The molecule has 0 N–H and O–H groups in total. The van der Waals surface area contributed by atoms with Crippen molar-refractivity contribution in [1.82, 2.24) is 15.0 Å². The van der Waals surface area contributed by atoms with Gasteiger partial charge in [0.2, 0.25) is 0 Å². The van der Waals surface area contributed by atoms with E-state index >= 15 is 0 Å². The quantitative estimate of drug-likeness (QED) is 0.521. The van der Waals surface area contributed by atoms with Crippen LogP contribution in [0.5, 0.6) is 0 Å². The highest BCUT2D eigenvalue weighted by Gasteiger charge is 2.08. The van der Waals surface area contributed by atoms with Crippen LogP contribution in [-0.4, -0.2) is 15.0 Å². The van der Waals surface area contributed by atoms with Gasteiger partial charge in [0.05, 0.1) is 5.69 Å². The number of aromatic nitrogens is 3. The van der Waals surface area contributed by atoms with E-state index in [1.54, 1.807) is 0 Å². The van der Waals surface area contributed by atoms with E-state index < -0.39 is 0 Å². The Morgan fingerprint density at radius 2 is 1.08 bits per heavy atom. The minimum absolute atomic E-state index is 0.978. The molecule has 0 radical (unpaired) electrons. The lowest BCUT2D eigenvalue weighted by Crippen LogP contribution is -1.90. The van der Waals surface area contributed by atoms with Gasteiger partial charge in [-0.25, -0.2) is 0 Å². The van der Waals surface area contributed by atoms with Crippen molar-refractivity contribution in [3.63, 3.8) is 0 Å². The van der Waals surface area contributed by atoms with Gasteiger partial charge in [-0.2, -0.15) is 0 Å². The van der Waals surface area contributed by atoms with Gasteiger partial charge in [-0.15, -0.1) is 0 Å². The van der Waals surface area contributed by atoms with Crippen LogP contribution in [0.2, 0.25) is 0 Å². The first-order valence-corrected chi connectivity index (χ1v) is 8.19. The molecule has 4 rings (SSSR count). The minimum atomic E-state index is 0.978. The van der Waals surface area contributed by atoms with Gasteiger partial charge in [-0.1, -0.05) is 6.07 Å². The number of rotatable bonds is 3. The Morgan fingerprint density at radius 1 is 0.560 bits per heavy atom. The second-order valence-corrected chi connectivity index (χ2v) is 5.94. The summed E-state index contributed by atoms with van der Waals surface area (Å²) in [5, 5.41) is 0. The Morgan fingerprint density at radius 3 is 1.60 bits per heavy atom. The Bertz CT molecular complexity index is 938. The normalized spacial score (nSPS) is 10.6. The second kappa shape index (κ2) is 6.65. The van der Waals surface area contributed by atoms with E-state index in [1.165, 1.54) is 0 Å². The Kier molecular flexibility index (Phi) is 4.05. The molecule has 0 aliphatic heterocycles. The summed E-state index contributed by atoms with van der Waals surface area (Å²) in [7, 11) is 0. The molecule has 0 aliphatic rings.